The molecule has 2 fully saturated rings. The van der Waals surface area contributed by atoms with Crippen molar-refractivity contribution in [1.29, 1.82) is 0 Å². The van der Waals surface area contributed by atoms with Crippen LogP contribution in [0.5, 0.6) is 0 Å². The summed E-state index contributed by atoms with van der Waals surface area (Å²) in [6.07, 6.45) is 5.03. The van der Waals surface area contributed by atoms with E-state index in [9.17, 15) is 14.4 Å². The van der Waals surface area contributed by atoms with Gasteiger partial charge >= 0.3 is 0 Å². The van der Waals surface area contributed by atoms with E-state index in [1.54, 1.807) is 5.38 Å². The Morgan fingerprint density at radius 3 is 2.35 bits per heavy atom. The number of imide groups is 1. The van der Waals surface area contributed by atoms with E-state index in [2.05, 4.69) is 17.1 Å². The smallest absolute Gasteiger partial charge is 0.240 e. The Hall–Kier alpha value is -1.82. The van der Waals surface area contributed by atoms with Gasteiger partial charge in [0.25, 0.3) is 0 Å². The van der Waals surface area contributed by atoms with Crippen LogP contribution in [0.15, 0.2) is 17.5 Å². The Morgan fingerprint density at radius 2 is 1.85 bits per heavy atom. The number of nitrogens with zero attached hydrogens (tertiary/aromatic N) is 2. The lowest BCUT2D eigenvalue weighted by Crippen LogP contribution is -2.32. The van der Waals surface area contributed by atoms with Gasteiger partial charge in [-0.25, -0.2) is 9.88 Å². The number of hydrogen-bond acceptors (Lipinski definition) is 5. The van der Waals surface area contributed by atoms with E-state index in [0.717, 1.165) is 6.42 Å². The second-order valence-corrected chi connectivity index (χ2v) is 6.42. The Balaban J connectivity index is 1.72. The number of fused-ring (bicyclic) bond motifs is 5. The lowest BCUT2D eigenvalue weighted by molar-refractivity contribution is -0.123. The maximum atomic E-state index is 12.5. The van der Waals surface area contributed by atoms with Crippen molar-refractivity contribution in [3.8, 4) is 0 Å². The molecule has 2 aliphatic carbocycles. The van der Waals surface area contributed by atoms with Crippen molar-refractivity contribution in [2.75, 3.05) is 4.90 Å². The predicted molar refractivity (Wildman–Crippen MR) is 72.3 cm³/mol. The zero-order chi connectivity index (χ0) is 14.0. The second-order valence-electron chi connectivity index (χ2n) is 5.58. The van der Waals surface area contributed by atoms with Gasteiger partial charge < -0.3 is 0 Å². The molecule has 5 nitrogen and oxygen atoms in total. The van der Waals surface area contributed by atoms with Gasteiger partial charge in [0.05, 0.1) is 11.8 Å². The number of hydrogen-bond donors (Lipinski definition) is 0. The molecule has 6 heteroatoms. The number of amides is 2. The van der Waals surface area contributed by atoms with Crippen molar-refractivity contribution in [1.82, 2.24) is 4.98 Å². The molecule has 0 aromatic carbocycles. The number of allylic oxidation sites excluding steroid dienone is 2. The van der Waals surface area contributed by atoms with Crippen LogP contribution in [0.2, 0.25) is 0 Å². The molecule has 2 amide bonds. The van der Waals surface area contributed by atoms with Crippen LogP contribution in [0.25, 0.3) is 0 Å². The maximum Gasteiger partial charge on any atom is 0.240 e. The summed E-state index contributed by atoms with van der Waals surface area (Å²) in [6.45, 7) is 1.42. The lowest BCUT2D eigenvalue weighted by Gasteiger charge is -2.14. The van der Waals surface area contributed by atoms with E-state index in [1.165, 1.54) is 23.2 Å². The van der Waals surface area contributed by atoms with Crippen LogP contribution in [0, 0.1) is 23.7 Å². The minimum Gasteiger partial charge on any atom is -0.293 e. The van der Waals surface area contributed by atoms with Crippen molar-refractivity contribution >= 4 is 34.1 Å². The fourth-order valence-electron chi connectivity index (χ4n) is 3.62. The maximum absolute atomic E-state index is 12.5. The monoisotopic (exact) mass is 288 g/mol. The summed E-state index contributed by atoms with van der Waals surface area (Å²) in [5.74, 6) is -0.516. The number of ketones is 1. The molecule has 0 spiro atoms. The van der Waals surface area contributed by atoms with Crippen molar-refractivity contribution in [3.63, 3.8) is 0 Å². The number of aromatic nitrogens is 1. The first-order valence-corrected chi connectivity index (χ1v) is 7.48. The molecule has 4 unspecified atom stereocenters. The van der Waals surface area contributed by atoms with Gasteiger partial charge in [0.1, 0.15) is 5.69 Å². The van der Waals surface area contributed by atoms with Crippen LogP contribution < -0.4 is 4.90 Å². The Labute approximate surface area is 119 Å². The standard InChI is InChI=1S/C14H12N2O3S/c1-6(17)9-5-20-14(15-9)16-12(18)10-7-2-3-8(4-7)11(10)13(16)19/h2-3,5,7-8,10-11H,4H2,1H3. The summed E-state index contributed by atoms with van der Waals surface area (Å²) in [5.41, 5.74) is 0.309. The van der Waals surface area contributed by atoms with E-state index in [0.29, 0.717) is 10.8 Å². The molecule has 1 aliphatic heterocycles. The van der Waals surface area contributed by atoms with E-state index in [4.69, 9.17) is 0 Å². The summed E-state index contributed by atoms with van der Waals surface area (Å²) in [4.78, 5) is 41.6. The molecule has 4 atom stereocenters. The first-order chi connectivity index (χ1) is 9.58. The van der Waals surface area contributed by atoms with Gasteiger partial charge in [-0.2, -0.15) is 0 Å². The van der Waals surface area contributed by atoms with Crippen molar-refractivity contribution in [2.45, 2.75) is 13.3 Å². The molecular weight excluding hydrogens is 276 g/mol. The summed E-state index contributed by atoms with van der Waals surface area (Å²) in [7, 11) is 0. The average Bonchev–Trinajstić information content (AvgIpc) is 3.13. The van der Waals surface area contributed by atoms with E-state index >= 15 is 0 Å². The normalized spacial score (nSPS) is 34.1. The van der Waals surface area contributed by atoms with Crippen molar-refractivity contribution in [3.05, 3.63) is 23.2 Å². The van der Waals surface area contributed by atoms with Gasteiger partial charge in [-0.15, -0.1) is 11.3 Å². The molecule has 4 rings (SSSR count). The molecule has 0 radical (unpaired) electrons. The summed E-state index contributed by atoms with van der Waals surface area (Å²) < 4.78 is 0. The van der Waals surface area contributed by atoms with Crippen LogP contribution in [0.4, 0.5) is 5.13 Å². The van der Waals surface area contributed by atoms with E-state index in [-0.39, 0.29) is 41.3 Å². The zero-order valence-corrected chi connectivity index (χ0v) is 11.6. The third-order valence-electron chi connectivity index (χ3n) is 4.51. The highest BCUT2D eigenvalue weighted by Gasteiger charge is 2.60. The third-order valence-corrected chi connectivity index (χ3v) is 5.34. The topological polar surface area (TPSA) is 67.3 Å². The quantitative estimate of drug-likeness (QED) is 0.471. The van der Waals surface area contributed by atoms with Gasteiger partial charge in [0.2, 0.25) is 11.8 Å². The van der Waals surface area contributed by atoms with E-state index < -0.39 is 0 Å². The first-order valence-electron chi connectivity index (χ1n) is 6.60. The van der Waals surface area contributed by atoms with Gasteiger partial charge in [0.15, 0.2) is 10.9 Å². The van der Waals surface area contributed by atoms with Crippen LogP contribution in [0.1, 0.15) is 23.8 Å². The SMILES string of the molecule is CC(=O)c1csc(N2C(=O)C3C4C=CC(C4)C3C2=O)n1. The fraction of sp³-hybridized carbons (Fsp3) is 0.429. The van der Waals surface area contributed by atoms with Crippen molar-refractivity contribution in [2.24, 2.45) is 23.7 Å². The Morgan fingerprint density at radius 1 is 1.25 bits per heavy atom. The summed E-state index contributed by atoms with van der Waals surface area (Å²) in [6, 6.07) is 0. The molecule has 2 heterocycles. The predicted octanol–water partition coefficient (Wildman–Crippen LogP) is 1.66. The molecule has 0 N–H and O–H groups in total. The molecule has 1 aromatic rings. The molecule has 1 saturated heterocycles. The van der Waals surface area contributed by atoms with Crippen molar-refractivity contribution < 1.29 is 14.4 Å². The lowest BCUT2D eigenvalue weighted by atomic mass is 9.85. The minimum absolute atomic E-state index is 0.152. The Bertz CT molecular complexity index is 648. The Kier molecular flexibility index (Phi) is 2.30. The van der Waals surface area contributed by atoms with Gasteiger partial charge in [-0.05, 0) is 18.3 Å². The summed E-state index contributed by atoms with van der Waals surface area (Å²) >= 11 is 1.18. The van der Waals surface area contributed by atoms with Crippen LogP contribution in [0.3, 0.4) is 0 Å². The average molecular weight is 288 g/mol. The van der Waals surface area contributed by atoms with Gasteiger partial charge in [-0.1, -0.05) is 12.2 Å². The fourth-order valence-corrected chi connectivity index (χ4v) is 4.49. The first kappa shape index (κ1) is 12.0. The number of thiazole rings is 1. The molecule has 102 valence electrons. The molecule has 1 aromatic heterocycles. The number of rotatable bonds is 2. The molecule has 20 heavy (non-hydrogen) atoms. The molecule has 2 bridgehead atoms. The van der Waals surface area contributed by atoms with Gasteiger partial charge in [0, 0.05) is 12.3 Å². The second kappa shape index (κ2) is 3.85. The highest BCUT2D eigenvalue weighted by Crippen LogP contribution is 2.53. The molecule has 1 saturated carbocycles. The highest BCUT2D eigenvalue weighted by atomic mass is 32.1. The third kappa shape index (κ3) is 1.37. The van der Waals surface area contributed by atoms with E-state index in [1.807, 2.05) is 0 Å². The minimum atomic E-state index is -0.220. The summed E-state index contributed by atoms with van der Waals surface area (Å²) in [5, 5.41) is 1.93. The van der Waals surface area contributed by atoms with Crippen LogP contribution in [-0.4, -0.2) is 22.6 Å². The molecular formula is C14H12N2O3S. The highest BCUT2D eigenvalue weighted by molar-refractivity contribution is 7.14. The zero-order valence-electron chi connectivity index (χ0n) is 10.8. The molecule has 3 aliphatic rings. The number of anilines is 1. The van der Waals surface area contributed by atoms with Gasteiger partial charge in [-0.3, -0.25) is 14.4 Å². The largest absolute Gasteiger partial charge is 0.293 e. The number of carbonyl (C=O) groups is 3. The number of Topliss-reactive ketones (excluding diaryl/α,β-unsaturated/α-hetero) is 1. The number of carbonyl (C=O) groups excluding carboxylic acids is 3. The van der Waals surface area contributed by atoms with Crippen LogP contribution >= 0.6 is 11.3 Å². The van der Waals surface area contributed by atoms with Crippen LogP contribution in [-0.2, 0) is 9.59 Å².